The van der Waals surface area contributed by atoms with E-state index in [0.717, 1.165) is 18.7 Å². The standard InChI is InChI=1S/C17H24ClNO2/c1-20-16-6-5-13(11-15(16)18)19-12-14-7-10-17(21-14)8-3-2-4-9-17/h5-6,11,14,19H,2-4,7-10,12H2,1H3. The predicted molar refractivity (Wildman–Crippen MR) is 86.4 cm³/mol. The minimum absolute atomic E-state index is 0.197. The van der Waals surface area contributed by atoms with Gasteiger partial charge in [0.05, 0.1) is 23.8 Å². The Hall–Kier alpha value is -0.930. The molecule has 1 aromatic rings. The van der Waals surface area contributed by atoms with Crippen molar-refractivity contribution in [1.29, 1.82) is 0 Å². The van der Waals surface area contributed by atoms with Crippen LogP contribution < -0.4 is 10.1 Å². The Bertz CT molecular complexity index is 486. The molecule has 0 amide bonds. The van der Waals surface area contributed by atoms with Crippen molar-refractivity contribution in [3.63, 3.8) is 0 Å². The number of nitrogens with one attached hydrogen (secondary N) is 1. The van der Waals surface area contributed by atoms with Gasteiger partial charge in [0.1, 0.15) is 5.75 Å². The molecule has 116 valence electrons. The molecule has 3 rings (SSSR count). The lowest BCUT2D eigenvalue weighted by Crippen LogP contribution is -2.33. The van der Waals surface area contributed by atoms with Gasteiger partial charge in [0.25, 0.3) is 0 Å². The molecule has 0 aromatic heterocycles. The van der Waals surface area contributed by atoms with Crippen LogP contribution in [0.3, 0.4) is 0 Å². The maximum atomic E-state index is 6.37. The molecule has 1 atom stereocenters. The Morgan fingerprint density at radius 2 is 2.10 bits per heavy atom. The van der Waals surface area contributed by atoms with Crippen molar-refractivity contribution in [3.8, 4) is 5.75 Å². The third-order valence-electron chi connectivity index (χ3n) is 4.79. The maximum absolute atomic E-state index is 6.37. The van der Waals surface area contributed by atoms with Crippen LogP contribution in [0.5, 0.6) is 5.75 Å². The molecule has 1 saturated heterocycles. The molecule has 1 aliphatic carbocycles. The van der Waals surface area contributed by atoms with Gasteiger partial charge >= 0.3 is 0 Å². The van der Waals surface area contributed by atoms with Gasteiger partial charge in [-0.25, -0.2) is 0 Å². The summed E-state index contributed by atoms with van der Waals surface area (Å²) in [5.41, 5.74) is 1.22. The average Bonchev–Trinajstić information content (AvgIpc) is 2.89. The number of halogens is 1. The predicted octanol–water partition coefficient (Wildman–Crippen LogP) is 4.64. The van der Waals surface area contributed by atoms with Gasteiger partial charge in [-0.2, -0.15) is 0 Å². The Morgan fingerprint density at radius 1 is 1.29 bits per heavy atom. The van der Waals surface area contributed by atoms with E-state index < -0.39 is 0 Å². The van der Waals surface area contributed by atoms with Crippen LogP contribution in [0.1, 0.15) is 44.9 Å². The summed E-state index contributed by atoms with van der Waals surface area (Å²) in [6, 6.07) is 5.80. The van der Waals surface area contributed by atoms with Crippen molar-refractivity contribution in [2.45, 2.75) is 56.7 Å². The van der Waals surface area contributed by atoms with Gasteiger partial charge in [-0.05, 0) is 43.9 Å². The second kappa shape index (κ2) is 6.45. The highest BCUT2D eigenvalue weighted by atomic mass is 35.5. The normalized spacial score (nSPS) is 24.2. The molecular formula is C17H24ClNO2. The molecule has 3 nitrogen and oxygen atoms in total. The second-order valence-corrected chi connectivity index (χ2v) is 6.66. The topological polar surface area (TPSA) is 30.5 Å². The van der Waals surface area contributed by atoms with E-state index in [2.05, 4.69) is 5.32 Å². The number of anilines is 1. The third-order valence-corrected chi connectivity index (χ3v) is 5.08. The molecule has 0 radical (unpaired) electrons. The molecule has 4 heteroatoms. The zero-order chi connectivity index (χ0) is 14.7. The van der Waals surface area contributed by atoms with Crippen molar-refractivity contribution in [3.05, 3.63) is 23.2 Å². The van der Waals surface area contributed by atoms with Gasteiger partial charge in [0, 0.05) is 12.2 Å². The summed E-state index contributed by atoms with van der Waals surface area (Å²) in [6.07, 6.45) is 9.24. The molecule has 0 bridgehead atoms. The first-order valence-electron chi connectivity index (χ1n) is 7.96. The van der Waals surface area contributed by atoms with E-state index in [-0.39, 0.29) is 5.60 Å². The summed E-state index contributed by atoms with van der Waals surface area (Å²) in [4.78, 5) is 0. The summed E-state index contributed by atoms with van der Waals surface area (Å²) < 4.78 is 11.5. The number of hydrogen-bond acceptors (Lipinski definition) is 3. The largest absolute Gasteiger partial charge is 0.495 e. The lowest BCUT2D eigenvalue weighted by Gasteiger charge is -2.33. The first-order valence-corrected chi connectivity index (χ1v) is 8.34. The highest BCUT2D eigenvalue weighted by molar-refractivity contribution is 6.32. The van der Waals surface area contributed by atoms with Crippen molar-refractivity contribution in [2.24, 2.45) is 0 Å². The van der Waals surface area contributed by atoms with Gasteiger partial charge in [0.15, 0.2) is 0 Å². The maximum Gasteiger partial charge on any atom is 0.137 e. The number of methoxy groups -OCH3 is 1. The van der Waals surface area contributed by atoms with Gasteiger partial charge < -0.3 is 14.8 Å². The molecule has 1 heterocycles. The third kappa shape index (κ3) is 3.46. The fraction of sp³-hybridized carbons (Fsp3) is 0.647. The van der Waals surface area contributed by atoms with Crippen LogP contribution >= 0.6 is 11.6 Å². The first-order chi connectivity index (χ1) is 10.2. The second-order valence-electron chi connectivity index (χ2n) is 6.25. The number of hydrogen-bond donors (Lipinski definition) is 1. The highest BCUT2D eigenvalue weighted by Gasteiger charge is 2.40. The Morgan fingerprint density at radius 3 is 2.81 bits per heavy atom. The SMILES string of the molecule is COc1ccc(NCC2CCC3(CCCCC3)O2)cc1Cl. The van der Waals surface area contributed by atoms with E-state index in [1.165, 1.54) is 38.5 Å². The van der Waals surface area contributed by atoms with Crippen LogP contribution in [0.2, 0.25) is 5.02 Å². The van der Waals surface area contributed by atoms with Crippen LogP contribution in [0, 0.1) is 0 Å². The van der Waals surface area contributed by atoms with E-state index in [1.54, 1.807) is 7.11 Å². The van der Waals surface area contributed by atoms with Gasteiger partial charge in [-0.15, -0.1) is 0 Å². The van der Waals surface area contributed by atoms with E-state index in [4.69, 9.17) is 21.1 Å². The molecule has 1 saturated carbocycles. The minimum Gasteiger partial charge on any atom is -0.495 e. The monoisotopic (exact) mass is 309 g/mol. The van der Waals surface area contributed by atoms with Gasteiger partial charge in [0.2, 0.25) is 0 Å². The number of ether oxygens (including phenoxy) is 2. The van der Waals surface area contributed by atoms with Crippen molar-refractivity contribution in [1.82, 2.24) is 0 Å². The molecule has 1 aromatic carbocycles. The van der Waals surface area contributed by atoms with Crippen molar-refractivity contribution in [2.75, 3.05) is 19.0 Å². The quantitative estimate of drug-likeness (QED) is 0.878. The van der Waals surface area contributed by atoms with Gasteiger partial charge in [-0.1, -0.05) is 30.9 Å². The van der Waals surface area contributed by atoms with E-state index in [0.29, 0.717) is 16.9 Å². The molecule has 1 spiro atoms. The minimum atomic E-state index is 0.197. The molecule has 2 aliphatic rings. The molecule has 1 N–H and O–H groups in total. The lowest BCUT2D eigenvalue weighted by molar-refractivity contribution is -0.0588. The summed E-state index contributed by atoms with van der Waals surface area (Å²) >= 11 is 6.15. The zero-order valence-corrected chi connectivity index (χ0v) is 13.4. The summed E-state index contributed by atoms with van der Waals surface area (Å²) in [5, 5.41) is 4.07. The molecule has 1 aliphatic heterocycles. The van der Waals surface area contributed by atoms with E-state index in [9.17, 15) is 0 Å². The molecule has 1 unspecified atom stereocenters. The van der Waals surface area contributed by atoms with Crippen molar-refractivity contribution >= 4 is 17.3 Å². The Balaban J connectivity index is 1.53. The Labute approximate surface area is 132 Å². The van der Waals surface area contributed by atoms with E-state index in [1.807, 2.05) is 18.2 Å². The molecule has 21 heavy (non-hydrogen) atoms. The van der Waals surface area contributed by atoms with Crippen LogP contribution in [0.4, 0.5) is 5.69 Å². The highest BCUT2D eigenvalue weighted by Crippen LogP contribution is 2.41. The fourth-order valence-electron chi connectivity index (χ4n) is 3.61. The molecule has 2 fully saturated rings. The summed E-state index contributed by atoms with van der Waals surface area (Å²) in [6.45, 7) is 0.852. The number of rotatable bonds is 4. The zero-order valence-electron chi connectivity index (χ0n) is 12.7. The van der Waals surface area contributed by atoms with Crippen LogP contribution in [0.15, 0.2) is 18.2 Å². The van der Waals surface area contributed by atoms with Crippen LogP contribution in [0.25, 0.3) is 0 Å². The fourth-order valence-corrected chi connectivity index (χ4v) is 3.87. The van der Waals surface area contributed by atoms with Gasteiger partial charge in [-0.3, -0.25) is 0 Å². The average molecular weight is 310 g/mol. The van der Waals surface area contributed by atoms with Crippen LogP contribution in [-0.2, 0) is 4.74 Å². The molecular weight excluding hydrogens is 286 g/mol. The smallest absolute Gasteiger partial charge is 0.137 e. The summed E-state index contributed by atoms with van der Waals surface area (Å²) in [7, 11) is 1.63. The van der Waals surface area contributed by atoms with Crippen LogP contribution in [-0.4, -0.2) is 25.4 Å². The first kappa shape index (κ1) is 15.0. The summed E-state index contributed by atoms with van der Waals surface area (Å²) in [5.74, 6) is 0.709. The Kier molecular flexibility index (Phi) is 4.60. The lowest BCUT2D eigenvalue weighted by atomic mass is 9.83. The van der Waals surface area contributed by atoms with E-state index >= 15 is 0 Å². The number of benzene rings is 1. The van der Waals surface area contributed by atoms with Crippen molar-refractivity contribution < 1.29 is 9.47 Å².